The number of nitrogens with one attached hydrogen (secondary N) is 1. The van der Waals surface area contributed by atoms with E-state index in [1.807, 2.05) is 0 Å². The number of alkyl halides is 3. The number of unbranched alkanes of at least 4 members (excludes halogenated alkanes) is 9. The Bertz CT molecular complexity index is 735. The van der Waals surface area contributed by atoms with Crippen LogP contribution in [0.4, 0.5) is 17.6 Å². The molecule has 0 bridgehead atoms. The molecule has 0 aromatic heterocycles. The SMILES string of the molecule is CCCCCCCCCCCCOC(=O)C(NC(=O)c1cccc(C(F)(F)F)c1F)C(C)C. The second-order valence-electron chi connectivity index (χ2n) is 8.71. The van der Waals surface area contributed by atoms with Gasteiger partial charge in [0.15, 0.2) is 0 Å². The molecule has 1 amide bonds. The van der Waals surface area contributed by atoms with Crippen LogP contribution in [-0.4, -0.2) is 24.5 Å². The van der Waals surface area contributed by atoms with Crippen LogP contribution in [0.3, 0.4) is 0 Å². The lowest BCUT2D eigenvalue weighted by Gasteiger charge is -2.21. The van der Waals surface area contributed by atoms with Crippen molar-refractivity contribution in [1.82, 2.24) is 5.32 Å². The molecule has 1 unspecified atom stereocenters. The molecule has 1 N–H and O–H groups in total. The van der Waals surface area contributed by atoms with E-state index in [-0.39, 0.29) is 12.5 Å². The topological polar surface area (TPSA) is 55.4 Å². The standard InChI is InChI=1S/C25H37F4NO3/c1-4-5-6-7-8-9-10-11-12-13-17-33-24(32)22(18(2)3)30-23(31)19-15-14-16-20(21(19)26)25(27,28)29/h14-16,18,22H,4-13,17H2,1-3H3,(H,30,31). The number of halogens is 4. The summed E-state index contributed by atoms with van der Waals surface area (Å²) in [6.45, 7) is 5.72. The van der Waals surface area contributed by atoms with E-state index in [4.69, 9.17) is 4.74 Å². The molecule has 1 aromatic rings. The first-order valence-electron chi connectivity index (χ1n) is 11.9. The maximum atomic E-state index is 14.2. The number of ether oxygens (including phenoxy) is 1. The minimum Gasteiger partial charge on any atom is -0.464 e. The third-order valence-corrected chi connectivity index (χ3v) is 5.50. The van der Waals surface area contributed by atoms with Crippen molar-refractivity contribution in [3.8, 4) is 0 Å². The van der Waals surface area contributed by atoms with Gasteiger partial charge in [-0.25, -0.2) is 9.18 Å². The third kappa shape index (κ3) is 10.6. The summed E-state index contributed by atoms with van der Waals surface area (Å²) in [6, 6.07) is 1.38. The number of amides is 1. The number of benzene rings is 1. The number of hydrogen-bond acceptors (Lipinski definition) is 3. The normalized spacial score (nSPS) is 12.6. The van der Waals surface area contributed by atoms with Crippen LogP contribution in [0.2, 0.25) is 0 Å². The summed E-state index contributed by atoms with van der Waals surface area (Å²) >= 11 is 0. The second-order valence-corrected chi connectivity index (χ2v) is 8.71. The largest absolute Gasteiger partial charge is 0.464 e. The van der Waals surface area contributed by atoms with Crippen molar-refractivity contribution < 1.29 is 31.9 Å². The van der Waals surface area contributed by atoms with Gasteiger partial charge in [0.1, 0.15) is 11.9 Å². The summed E-state index contributed by atoms with van der Waals surface area (Å²) < 4.78 is 58.2. The van der Waals surface area contributed by atoms with Gasteiger partial charge in [-0.2, -0.15) is 13.2 Å². The predicted octanol–water partition coefficient (Wildman–Crippen LogP) is 7.06. The smallest absolute Gasteiger partial charge is 0.419 e. The predicted molar refractivity (Wildman–Crippen MR) is 120 cm³/mol. The van der Waals surface area contributed by atoms with Gasteiger partial charge in [-0.3, -0.25) is 4.79 Å². The van der Waals surface area contributed by atoms with Crippen LogP contribution in [0, 0.1) is 11.7 Å². The van der Waals surface area contributed by atoms with Crippen molar-refractivity contribution in [1.29, 1.82) is 0 Å². The van der Waals surface area contributed by atoms with Crippen molar-refractivity contribution in [2.24, 2.45) is 5.92 Å². The maximum Gasteiger partial charge on any atom is 0.419 e. The Morgan fingerprint density at radius 1 is 0.939 bits per heavy atom. The zero-order valence-electron chi connectivity index (χ0n) is 19.9. The molecule has 1 aromatic carbocycles. The lowest BCUT2D eigenvalue weighted by atomic mass is 10.0. The van der Waals surface area contributed by atoms with Crippen LogP contribution >= 0.6 is 0 Å². The molecular weight excluding hydrogens is 438 g/mol. The van der Waals surface area contributed by atoms with E-state index >= 15 is 0 Å². The van der Waals surface area contributed by atoms with Gasteiger partial charge in [-0.1, -0.05) is 84.6 Å². The van der Waals surface area contributed by atoms with Crippen LogP contribution in [-0.2, 0) is 15.7 Å². The minimum atomic E-state index is -4.92. The van der Waals surface area contributed by atoms with Crippen LogP contribution in [0.5, 0.6) is 0 Å². The molecule has 4 nitrogen and oxygen atoms in total. The molecule has 0 aliphatic heterocycles. The first-order valence-corrected chi connectivity index (χ1v) is 11.9. The molecule has 0 saturated carbocycles. The molecule has 0 saturated heterocycles. The summed E-state index contributed by atoms with van der Waals surface area (Å²) in [5.74, 6) is -3.82. The molecule has 8 heteroatoms. The zero-order valence-corrected chi connectivity index (χ0v) is 19.9. The first-order chi connectivity index (χ1) is 15.6. The fraction of sp³-hybridized carbons (Fsp3) is 0.680. The van der Waals surface area contributed by atoms with Gasteiger partial charge in [-0.15, -0.1) is 0 Å². The Kier molecular flexibility index (Phi) is 13.1. The van der Waals surface area contributed by atoms with E-state index in [0.717, 1.165) is 31.4 Å². The Hall–Kier alpha value is -2.12. The Morgan fingerprint density at radius 2 is 1.48 bits per heavy atom. The molecule has 1 rings (SSSR count). The fourth-order valence-electron chi connectivity index (χ4n) is 3.50. The molecule has 0 aliphatic carbocycles. The van der Waals surface area contributed by atoms with Gasteiger partial charge in [0, 0.05) is 0 Å². The highest BCUT2D eigenvalue weighted by molar-refractivity contribution is 5.97. The van der Waals surface area contributed by atoms with Crippen molar-refractivity contribution in [2.75, 3.05) is 6.61 Å². The Morgan fingerprint density at radius 3 is 2.00 bits per heavy atom. The van der Waals surface area contributed by atoms with Crippen LogP contribution in [0.25, 0.3) is 0 Å². The third-order valence-electron chi connectivity index (χ3n) is 5.50. The molecule has 33 heavy (non-hydrogen) atoms. The molecule has 188 valence electrons. The average molecular weight is 476 g/mol. The number of hydrogen-bond donors (Lipinski definition) is 1. The van der Waals surface area contributed by atoms with E-state index in [1.165, 1.54) is 38.5 Å². The van der Waals surface area contributed by atoms with E-state index in [1.54, 1.807) is 13.8 Å². The maximum absolute atomic E-state index is 14.2. The van der Waals surface area contributed by atoms with Gasteiger partial charge in [0.05, 0.1) is 17.7 Å². The Balaban J connectivity index is 2.46. The zero-order chi connectivity index (χ0) is 24.9. The van der Waals surface area contributed by atoms with Gasteiger partial charge in [-0.05, 0) is 24.5 Å². The number of rotatable bonds is 15. The van der Waals surface area contributed by atoms with Crippen LogP contribution in [0.15, 0.2) is 18.2 Å². The van der Waals surface area contributed by atoms with Gasteiger partial charge in [0.25, 0.3) is 5.91 Å². The quantitative estimate of drug-likeness (QED) is 0.168. The number of carbonyl (C=O) groups excluding carboxylic acids is 2. The summed E-state index contributed by atoms with van der Waals surface area (Å²) in [5.41, 5.74) is -2.29. The number of carbonyl (C=O) groups is 2. The lowest BCUT2D eigenvalue weighted by Crippen LogP contribution is -2.45. The summed E-state index contributed by atoms with van der Waals surface area (Å²) in [7, 11) is 0. The lowest BCUT2D eigenvalue weighted by molar-refractivity contribution is -0.147. The molecule has 0 aliphatic rings. The average Bonchev–Trinajstić information content (AvgIpc) is 2.74. The molecule has 1 atom stereocenters. The second kappa shape index (κ2) is 14.9. The van der Waals surface area contributed by atoms with E-state index in [2.05, 4.69) is 12.2 Å². The van der Waals surface area contributed by atoms with E-state index in [0.29, 0.717) is 12.5 Å². The van der Waals surface area contributed by atoms with Crippen molar-refractivity contribution in [2.45, 2.75) is 97.2 Å². The monoisotopic (exact) mass is 475 g/mol. The van der Waals surface area contributed by atoms with Crippen LogP contribution < -0.4 is 5.32 Å². The molecule has 0 radical (unpaired) electrons. The van der Waals surface area contributed by atoms with Crippen molar-refractivity contribution in [3.05, 3.63) is 35.1 Å². The highest BCUT2D eigenvalue weighted by Gasteiger charge is 2.36. The minimum absolute atomic E-state index is 0.201. The fourth-order valence-corrected chi connectivity index (χ4v) is 3.50. The van der Waals surface area contributed by atoms with Crippen LogP contribution in [0.1, 0.15) is 101 Å². The Labute approximate surface area is 194 Å². The molecule has 0 fully saturated rings. The highest BCUT2D eigenvalue weighted by Crippen LogP contribution is 2.32. The summed E-state index contributed by atoms with van der Waals surface area (Å²) in [6.07, 6.45) is 6.45. The number of esters is 1. The van der Waals surface area contributed by atoms with Gasteiger partial charge < -0.3 is 10.1 Å². The summed E-state index contributed by atoms with van der Waals surface area (Å²) in [5, 5.41) is 2.32. The molecule has 0 spiro atoms. The van der Waals surface area contributed by atoms with Gasteiger partial charge in [0.2, 0.25) is 0 Å². The van der Waals surface area contributed by atoms with E-state index < -0.39 is 41.0 Å². The first kappa shape index (κ1) is 28.9. The summed E-state index contributed by atoms with van der Waals surface area (Å²) in [4.78, 5) is 24.8. The molecular formula is C25H37F4NO3. The van der Waals surface area contributed by atoms with Crippen molar-refractivity contribution >= 4 is 11.9 Å². The van der Waals surface area contributed by atoms with Crippen molar-refractivity contribution in [3.63, 3.8) is 0 Å². The highest BCUT2D eigenvalue weighted by atomic mass is 19.4. The van der Waals surface area contributed by atoms with E-state index in [9.17, 15) is 27.2 Å². The van der Waals surface area contributed by atoms with Gasteiger partial charge >= 0.3 is 12.1 Å². The molecule has 0 heterocycles.